The van der Waals surface area contributed by atoms with E-state index in [0.717, 1.165) is 23.2 Å². The summed E-state index contributed by atoms with van der Waals surface area (Å²) in [6.07, 6.45) is 5.89. The van der Waals surface area contributed by atoms with Crippen molar-refractivity contribution in [2.75, 3.05) is 33.2 Å². The van der Waals surface area contributed by atoms with Crippen LogP contribution in [-0.2, 0) is 15.9 Å². The quantitative estimate of drug-likeness (QED) is 0.552. The fourth-order valence-electron chi connectivity index (χ4n) is 2.69. The van der Waals surface area contributed by atoms with E-state index in [1.807, 2.05) is 51.3 Å². The zero-order chi connectivity index (χ0) is 21.1. The van der Waals surface area contributed by atoms with E-state index in [2.05, 4.69) is 10.6 Å². The largest absolute Gasteiger partial charge is 0.495 e. The highest BCUT2D eigenvalue weighted by atomic mass is 35.5. The van der Waals surface area contributed by atoms with Crippen LogP contribution in [-0.4, -0.2) is 46.1 Å². The second kappa shape index (κ2) is 12.3. The molecular formula is C21H31ClN2O4. The molecule has 0 aliphatic carbocycles. The highest BCUT2D eigenvalue weighted by molar-refractivity contribution is 6.34. The summed E-state index contributed by atoms with van der Waals surface area (Å²) < 4.78 is 15.7. The Morgan fingerprint density at radius 1 is 1.32 bits per heavy atom. The number of allylic oxidation sites excluding steroid dienone is 3. The van der Waals surface area contributed by atoms with Gasteiger partial charge in [-0.3, -0.25) is 0 Å². The number of methoxy groups -OCH3 is 2. The smallest absolute Gasteiger partial charge is 0.407 e. The molecule has 1 rings (SSSR count). The van der Waals surface area contributed by atoms with E-state index in [1.165, 1.54) is 0 Å². The minimum atomic E-state index is -0.450. The number of anilines is 1. The number of carbonyl (C=O) groups is 1. The Morgan fingerprint density at radius 3 is 2.61 bits per heavy atom. The summed E-state index contributed by atoms with van der Waals surface area (Å²) in [6, 6.07) is 3.73. The molecule has 6 nitrogen and oxygen atoms in total. The van der Waals surface area contributed by atoms with Crippen molar-refractivity contribution in [3.8, 4) is 5.75 Å². The van der Waals surface area contributed by atoms with Gasteiger partial charge in [0.2, 0.25) is 0 Å². The Labute approximate surface area is 172 Å². The van der Waals surface area contributed by atoms with Crippen LogP contribution in [0, 0.1) is 0 Å². The fourth-order valence-corrected chi connectivity index (χ4v) is 2.97. The number of alkyl carbamates (subject to hydrolysis) is 1. The zero-order valence-electron chi connectivity index (χ0n) is 17.5. The van der Waals surface area contributed by atoms with Gasteiger partial charge in [0.15, 0.2) is 0 Å². The second-order valence-corrected chi connectivity index (χ2v) is 6.72. The standard InChI is InChI=1S/C21H31ClN2O4/c1-7-28-21(25)24-15(3)18(26-5)10-8-9-14(2)11-16-12-17(23-4)20(22)19(13-16)27-6/h8-10,12-13,15,18,23H,7,11H2,1-6H3,(H,24,25)/b10-8+,14-9+/t15-,18-/m1/s1. The van der Waals surface area contributed by atoms with Gasteiger partial charge in [-0.05, 0) is 44.9 Å². The summed E-state index contributed by atoms with van der Waals surface area (Å²) in [5, 5.41) is 6.40. The van der Waals surface area contributed by atoms with Gasteiger partial charge in [-0.1, -0.05) is 35.4 Å². The molecule has 2 N–H and O–H groups in total. The number of ether oxygens (including phenoxy) is 3. The van der Waals surface area contributed by atoms with Crippen LogP contribution in [0.3, 0.4) is 0 Å². The van der Waals surface area contributed by atoms with Crippen molar-refractivity contribution >= 4 is 23.4 Å². The molecule has 2 atom stereocenters. The molecule has 0 saturated carbocycles. The first-order chi connectivity index (χ1) is 13.4. The lowest BCUT2D eigenvalue weighted by molar-refractivity contribution is 0.0994. The summed E-state index contributed by atoms with van der Waals surface area (Å²) in [5.74, 6) is 0.644. The number of hydrogen-bond donors (Lipinski definition) is 2. The third kappa shape index (κ3) is 7.44. The van der Waals surface area contributed by atoms with Gasteiger partial charge in [-0.25, -0.2) is 4.79 Å². The van der Waals surface area contributed by atoms with Gasteiger partial charge < -0.3 is 24.8 Å². The third-order valence-corrected chi connectivity index (χ3v) is 4.53. The van der Waals surface area contributed by atoms with Crippen molar-refractivity contribution in [1.82, 2.24) is 5.32 Å². The number of rotatable bonds is 10. The summed E-state index contributed by atoms with van der Waals surface area (Å²) >= 11 is 6.27. The number of hydrogen-bond acceptors (Lipinski definition) is 5. The maximum atomic E-state index is 11.5. The van der Waals surface area contributed by atoms with Gasteiger partial charge in [-0.2, -0.15) is 0 Å². The van der Waals surface area contributed by atoms with Gasteiger partial charge >= 0.3 is 6.09 Å². The lowest BCUT2D eigenvalue weighted by Gasteiger charge is -2.20. The Morgan fingerprint density at radius 2 is 2.04 bits per heavy atom. The Hall–Kier alpha value is -2.18. The molecule has 1 aromatic carbocycles. The third-order valence-electron chi connectivity index (χ3n) is 4.14. The Kier molecular flexibility index (Phi) is 10.5. The van der Waals surface area contributed by atoms with Crippen molar-refractivity contribution in [2.45, 2.75) is 39.3 Å². The lowest BCUT2D eigenvalue weighted by Crippen LogP contribution is -2.41. The summed E-state index contributed by atoms with van der Waals surface area (Å²) in [4.78, 5) is 11.5. The van der Waals surface area contributed by atoms with E-state index < -0.39 is 6.09 Å². The molecular weight excluding hydrogens is 380 g/mol. The Bertz CT molecular complexity index is 679. The molecule has 0 saturated heterocycles. The summed E-state index contributed by atoms with van der Waals surface area (Å²) in [6.45, 7) is 6.01. The van der Waals surface area contributed by atoms with E-state index in [0.29, 0.717) is 17.4 Å². The van der Waals surface area contributed by atoms with Crippen molar-refractivity contribution < 1.29 is 19.0 Å². The average molecular weight is 411 g/mol. The van der Waals surface area contributed by atoms with E-state index in [-0.39, 0.29) is 12.1 Å². The molecule has 0 unspecified atom stereocenters. The van der Waals surface area contributed by atoms with E-state index in [9.17, 15) is 4.79 Å². The molecule has 1 amide bonds. The van der Waals surface area contributed by atoms with Crippen LogP contribution in [0.1, 0.15) is 26.3 Å². The van der Waals surface area contributed by atoms with Crippen LogP contribution in [0.4, 0.5) is 10.5 Å². The van der Waals surface area contributed by atoms with Crippen molar-refractivity contribution in [3.05, 3.63) is 46.5 Å². The normalized spacial score (nSPS) is 13.9. The molecule has 28 heavy (non-hydrogen) atoms. The molecule has 0 radical (unpaired) electrons. The summed E-state index contributed by atoms with van der Waals surface area (Å²) in [7, 11) is 5.03. The molecule has 0 aromatic heterocycles. The molecule has 0 aliphatic heterocycles. The fraction of sp³-hybridized carbons (Fsp3) is 0.476. The number of amides is 1. The molecule has 1 aromatic rings. The van der Waals surface area contributed by atoms with Crippen LogP contribution in [0.15, 0.2) is 35.9 Å². The maximum absolute atomic E-state index is 11.5. The number of nitrogens with one attached hydrogen (secondary N) is 2. The van der Waals surface area contributed by atoms with Gasteiger partial charge in [0.05, 0.1) is 31.5 Å². The monoisotopic (exact) mass is 410 g/mol. The van der Waals surface area contributed by atoms with Gasteiger partial charge in [-0.15, -0.1) is 0 Å². The van der Waals surface area contributed by atoms with Crippen LogP contribution in [0.2, 0.25) is 5.02 Å². The number of carbonyl (C=O) groups excluding carboxylic acids is 1. The van der Waals surface area contributed by atoms with Gasteiger partial charge in [0.25, 0.3) is 0 Å². The van der Waals surface area contributed by atoms with Crippen LogP contribution in [0.5, 0.6) is 5.75 Å². The second-order valence-electron chi connectivity index (χ2n) is 6.34. The van der Waals surface area contributed by atoms with Crippen LogP contribution < -0.4 is 15.4 Å². The first kappa shape index (κ1) is 23.9. The first-order valence-corrected chi connectivity index (χ1v) is 9.58. The van der Waals surface area contributed by atoms with Gasteiger partial charge in [0.1, 0.15) is 10.8 Å². The molecule has 156 valence electrons. The Balaban J connectivity index is 2.78. The zero-order valence-corrected chi connectivity index (χ0v) is 18.2. The first-order valence-electron chi connectivity index (χ1n) is 9.20. The maximum Gasteiger partial charge on any atom is 0.407 e. The van der Waals surface area contributed by atoms with Crippen LogP contribution >= 0.6 is 11.6 Å². The topological polar surface area (TPSA) is 68.8 Å². The van der Waals surface area contributed by atoms with Crippen molar-refractivity contribution in [2.24, 2.45) is 0 Å². The molecule has 0 bridgehead atoms. The number of benzene rings is 1. The minimum absolute atomic E-state index is 0.215. The van der Waals surface area contributed by atoms with Crippen molar-refractivity contribution in [1.29, 1.82) is 0 Å². The SMILES string of the molecule is CCOC(=O)N[C@H](C)[C@@H](/C=C/C=C(\C)Cc1cc(NC)c(Cl)c(OC)c1)OC. The van der Waals surface area contributed by atoms with Gasteiger partial charge in [0, 0.05) is 14.2 Å². The van der Waals surface area contributed by atoms with E-state index in [4.69, 9.17) is 25.8 Å². The molecule has 0 spiro atoms. The van der Waals surface area contributed by atoms with Crippen LogP contribution in [0.25, 0.3) is 0 Å². The predicted molar refractivity (Wildman–Crippen MR) is 115 cm³/mol. The highest BCUT2D eigenvalue weighted by Crippen LogP contribution is 2.34. The number of halogens is 1. The van der Waals surface area contributed by atoms with Crippen molar-refractivity contribution in [3.63, 3.8) is 0 Å². The van der Waals surface area contributed by atoms with E-state index >= 15 is 0 Å². The van der Waals surface area contributed by atoms with E-state index in [1.54, 1.807) is 21.1 Å². The highest BCUT2D eigenvalue weighted by Gasteiger charge is 2.16. The molecule has 7 heteroatoms. The average Bonchev–Trinajstić information content (AvgIpc) is 2.66. The lowest BCUT2D eigenvalue weighted by atomic mass is 10.0. The predicted octanol–water partition coefficient (Wildman–Crippen LogP) is 4.58. The molecule has 0 aliphatic rings. The summed E-state index contributed by atoms with van der Waals surface area (Å²) in [5.41, 5.74) is 3.08. The molecule has 0 fully saturated rings. The minimum Gasteiger partial charge on any atom is -0.495 e. The molecule has 0 heterocycles.